The Kier molecular flexibility index (Phi) is 4.69. The van der Waals surface area contributed by atoms with Crippen LogP contribution in [0.4, 0.5) is 0 Å². The maximum atomic E-state index is 12.6. The van der Waals surface area contributed by atoms with Crippen molar-refractivity contribution in [2.45, 2.75) is 52.1 Å². The Labute approximate surface area is 157 Å². The Hall–Kier alpha value is -2.32. The van der Waals surface area contributed by atoms with Gasteiger partial charge in [0.25, 0.3) is 0 Å². The average Bonchev–Trinajstić information content (AvgIpc) is 3.03. The molecule has 8 nitrogen and oxygen atoms in total. The van der Waals surface area contributed by atoms with Crippen LogP contribution in [0.5, 0.6) is 0 Å². The number of nitrogens with zero attached hydrogens (tertiary/aromatic N) is 5. The van der Waals surface area contributed by atoms with Crippen LogP contribution in [0.25, 0.3) is 0 Å². The number of hydrogen-bond donors (Lipinski definition) is 0. The van der Waals surface area contributed by atoms with Crippen LogP contribution in [0.3, 0.4) is 0 Å². The minimum atomic E-state index is -0.548. The molecule has 4 heterocycles. The summed E-state index contributed by atoms with van der Waals surface area (Å²) in [6, 6.07) is 5.89. The normalized spacial score (nSPS) is 22.5. The smallest absolute Gasteiger partial charge is 0.332 e. The van der Waals surface area contributed by atoms with Crippen LogP contribution in [0, 0.1) is 5.92 Å². The summed E-state index contributed by atoms with van der Waals surface area (Å²) in [7, 11) is 0. The lowest BCUT2D eigenvalue weighted by molar-refractivity contribution is -0.0860. The zero-order chi connectivity index (χ0) is 19.0. The molecule has 0 aliphatic carbocycles. The monoisotopic (exact) mass is 371 g/mol. The number of fused-ring (bicyclic) bond motifs is 1. The second-order valence-corrected chi connectivity index (χ2v) is 7.94. The van der Waals surface area contributed by atoms with Gasteiger partial charge in [0.05, 0.1) is 12.2 Å². The van der Waals surface area contributed by atoms with E-state index in [-0.39, 0.29) is 12.5 Å². The minimum absolute atomic E-state index is 0.239. The van der Waals surface area contributed by atoms with Crippen LogP contribution in [0.1, 0.15) is 31.8 Å². The van der Waals surface area contributed by atoms with Crippen molar-refractivity contribution in [3.05, 3.63) is 56.6 Å². The van der Waals surface area contributed by atoms with Crippen molar-refractivity contribution in [3.8, 4) is 0 Å². The highest BCUT2D eigenvalue weighted by Crippen LogP contribution is 2.31. The van der Waals surface area contributed by atoms with E-state index in [1.54, 1.807) is 6.20 Å². The molecule has 27 heavy (non-hydrogen) atoms. The van der Waals surface area contributed by atoms with Crippen LogP contribution < -0.4 is 11.1 Å². The van der Waals surface area contributed by atoms with Gasteiger partial charge in [0.2, 0.25) is 0 Å². The Morgan fingerprint density at radius 1 is 1.22 bits per heavy atom. The first-order chi connectivity index (χ1) is 13.0. The molecule has 0 aromatic carbocycles. The second kappa shape index (κ2) is 7.01. The predicted octanol–water partition coefficient (Wildman–Crippen LogP) is 0.631. The molecule has 0 bridgehead atoms. The molecule has 1 spiro atoms. The van der Waals surface area contributed by atoms with Crippen molar-refractivity contribution in [1.82, 2.24) is 24.2 Å². The third-order valence-corrected chi connectivity index (χ3v) is 5.21. The van der Waals surface area contributed by atoms with Gasteiger partial charge in [0, 0.05) is 32.4 Å². The van der Waals surface area contributed by atoms with E-state index >= 15 is 0 Å². The SMILES string of the molecule is CC(C)Cn1nc2n(c(=O)c1=O)CC1(CCN(Cc3ccccn3)C1)OC2. The third-order valence-electron chi connectivity index (χ3n) is 5.21. The minimum Gasteiger partial charge on any atom is -0.364 e. The van der Waals surface area contributed by atoms with Crippen LogP contribution in [0.2, 0.25) is 0 Å². The highest BCUT2D eigenvalue weighted by molar-refractivity contribution is 5.06. The van der Waals surface area contributed by atoms with Gasteiger partial charge in [0.1, 0.15) is 12.2 Å². The fraction of sp³-hybridized carbons (Fsp3) is 0.579. The fourth-order valence-corrected chi connectivity index (χ4v) is 3.90. The number of likely N-dealkylation sites (tertiary alicyclic amines) is 1. The summed E-state index contributed by atoms with van der Waals surface area (Å²) in [5.41, 5.74) is -0.468. The highest BCUT2D eigenvalue weighted by Gasteiger charge is 2.43. The van der Waals surface area contributed by atoms with Gasteiger partial charge >= 0.3 is 11.1 Å². The standard InChI is InChI=1S/C19H25N5O3/c1-14(2)9-24-18(26)17(25)23-13-19(27-11-16(23)21-24)6-8-22(12-19)10-15-5-3-4-7-20-15/h3-5,7,14H,6,8-13H2,1-2H3. The molecule has 8 heteroatoms. The van der Waals surface area contributed by atoms with Crippen molar-refractivity contribution in [2.75, 3.05) is 13.1 Å². The first-order valence-corrected chi connectivity index (χ1v) is 9.43. The summed E-state index contributed by atoms with van der Waals surface area (Å²) in [5, 5.41) is 4.37. The first-order valence-electron chi connectivity index (χ1n) is 9.43. The molecule has 0 N–H and O–H groups in total. The van der Waals surface area contributed by atoms with Gasteiger partial charge in [-0.1, -0.05) is 19.9 Å². The zero-order valence-corrected chi connectivity index (χ0v) is 15.8. The highest BCUT2D eigenvalue weighted by atomic mass is 16.5. The van der Waals surface area contributed by atoms with Crippen molar-refractivity contribution in [2.24, 2.45) is 5.92 Å². The van der Waals surface area contributed by atoms with E-state index in [1.165, 1.54) is 9.25 Å². The van der Waals surface area contributed by atoms with Gasteiger partial charge < -0.3 is 4.74 Å². The van der Waals surface area contributed by atoms with E-state index in [9.17, 15) is 9.59 Å². The van der Waals surface area contributed by atoms with E-state index in [0.29, 0.717) is 25.5 Å². The molecule has 0 radical (unpaired) electrons. The largest absolute Gasteiger partial charge is 0.364 e. The first kappa shape index (κ1) is 18.1. The maximum absolute atomic E-state index is 12.6. The Morgan fingerprint density at radius 3 is 2.81 bits per heavy atom. The quantitative estimate of drug-likeness (QED) is 0.734. The summed E-state index contributed by atoms with van der Waals surface area (Å²) in [5.74, 6) is 0.775. The molecule has 1 unspecified atom stereocenters. The molecule has 1 fully saturated rings. The molecule has 2 aromatic heterocycles. The molecule has 0 saturated carbocycles. The lowest BCUT2D eigenvalue weighted by atomic mass is 10.0. The topological polar surface area (TPSA) is 82.3 Å². The van der Waals surface area contributed by atoms with E-state index in [1.807, 2.05) is 32.0 Å². The van der Waals surface area contributed by atoms with E-state index in [4.69, 9.17) is 4.74 Å². The molecule has 1 saturated heterocycles. The molecular weight excluding hydrogens is 346 g/mol. The predicted molar refractivity (Wildman–Crippen MR) is 99.2 cm³/mol. The molecule has 144 valence electrons. The van der Waals surface area contributed by atoms with Gasteiger partial charge in [-0.2, -0.15) is 5.10 Å². The van der Waals surface area contributed by atoms with Crippen molar-refractivity contribution in [1.29, 1.82) is 0 Å². The number of ether oxygens (including phenoxy) is 1. The number of hydrogen-bond acceptors (Lipinski definition) is 6. The van der Waals surface area contributed by atoms with E-state index in [2.05, 4.69) is 15.0 Å². The molecular formula is C19H25N5O3. The Bertz CT molecular complexity index is 937. The summed E-state index contributed by atoms with van der Waals surface area (Å²) < 4.78 is 8.98. The molecule has 2 aliphatic rings. The number of pyridine rings is 1. The number of aromatic nitrogens is 4. The Morgan fingerprint density at radius 2 is 2.07 bits per heavy atom. The second-order valence-electron chi connectivity index (χ2n) is 7.94. The van der Waals surface area contributed by atoms with Crippen LogP contribution >= 0.6 is 0 Å². The summed E-state index contributed by atoms with van der Waals surface area (Å²) >= 11 is 0. The fourth-order valence-electron chi connectivity index (χ4n) is 3.90. The van der Waals surface area contributed by atoms with Crippen LogP contribution in [-0.4, -0.2) is 42.9 Å². The summed E-state index contributed by atoms with van der Waals surface area (Å²) in [4.78, 5) is 31.7. The Balaban J connectivity index is 1.54. The summed E-state index contributed by atoms with van der Waals surface area (Å²) in [6.45, 7) is 7.39. The lowest BCUT2D eigenvalue weighted by Crippen LogP contribution is -2.53. The van der Waals surface area contributed by atoms with Gasteiger partial charge in [0.15, 0.2) is 5.82 Å². The van der Waals surface area contributed by atoms with Crippen LogP contribution in [0.15, 0.2) is 34.0 Å². The van der Waals surface area contributed by atoms with Crippen LogP contribution in [-0.2, 0) is 31.0 Å². The van der Waals surface area contributed by atoms with Crippen molar-refractivity contribution < 1.29 is 4.74 Å². The van der Waals surface area contributed by atoms with Gasteiger partial charge in [-0.05, 0) is 24.5 Å². The molecule has 2 aromatic rings. The maximum Gasteiger partial charge on any atom is 0.332 e. The van der Waals surface area contributed by atoms with E-state index < -0.39 is 16.7 Å². The van der Waals surface area contributed by atoms with Crippen molar-refractivity contribution in [3.63, 3.8) is 0 Å². The zero-order valence-electron chi connectivity index (χ0n) is 15.8. The third kappa shape index (κ3) is 3.59. The molecule has 4 rings (SSSR count). The summed E-state index contributed by atoms with van der Waals surface area (Å²) in [6.07, 6.45) is 2.61. The van der Waals surface area contributed by atoms with Gasteiger partial charge in [-0.3, -0.25) is 24.0 Å². The molecule has 1 atom stereocenters. The molecule has 0 amide bonds. The van der Waals surface area contributed by atoms with E-state index in [0.717, 1.165) is 25.2 Å². The lowest BCUT2D eigenvalue weighted by Gasteiger charge is -2.35. The molecule has 2 aliphatic heterocycles. The van der Waals surface area contributed by atoms with Gasteiger partial charge in [-0.15, -0.1) is 0 Å². The van der Waals surface area contributed by atoms with Gasteiger partial charge in [-0.25, -0.2) is 4.68 Å². The van der Waals surface area contributed by atoms with Crippen molar-refractivity contribution >= 4 is 0 Å². The number of rotatable bonds is 4. The average molecular weight is 371 g/mol.